The van der Waals surface area contributed by atoms with Gasteiger partial charge in [0.1, 0.15) is 5.01 Å². The fourth-order valence-electron chi connectivity index (χ4n) is 3.15. The Kier molecular flexibility index (Phi) is 5.26. The Morgan fingerprint density at radius 3 is 2.59 bits per heavy atom. The minimum Gasteiger partial charge on any atom is -0.355 e. The van der Waals surface area contributed by atoms with Crippen LogP contribution < -0.4 is 5.32 Å². The molecule has 0 aliphatic heterocycles. The van der Waals surface area contributed by atoms with E-state index >= 15 is 0 Å². The van der Waals surface area contributed by atoms with Crippen molar-refractivity contribution in [2.75, 3.05) is 6.54 Å². The van der Waals surface area contributed by atoms with Crippen LogP contribution in [-0.4, -0.2) is 17.4 Å². The molecule has 0 spiro atoms. The van der Waals surface area contributed by atoms with E-state index in [-0.39, 0.29) is 5.91 Å². The first kappa shape index (κ1) is 17.4. The van der Waals surface area contributed by atoms with Gasteiger partial charge in [-0.1, -0.05) is 72.8 Å². The predicted molar refractivity (Wildman–Crippen MR) is 112 cm³/mol. The molecule has 1 N–H and O–H groups in total. The van der Waals surface area contributed by atoms with Crippen LogP contribution >= 0.6 is 11.3 Å². The molecule has 4 aromatic rings. The molecular formula is C23H20N2OS. The summed E-state index contributed by atoms with van der Waals surface area (Å²) in [7, 11) is 0. The molecule has 0 radical (unpaired) electrons. The zero-order valence-corrected chi connectivity index (χ0v) is 15.7. The summed E-state index contributed by atoms with van der Waals surface area (Å²) in [4.78, 5) is 17.0. The van der Waals surface area contributed by atoms with Gasteiger partial charge in [-0.05, 0) is 16.3 Å². The molecule has 0 aliphatic carbocycles. The fraction of sp³-hybridized carbons (Fsp3) is 0.130. The molecule has 0 fully saturated rings. The standard InChI is InChI=1S/C23H20N2OS/c26-22(15-19-11-6-10-17-7-4-5-12-21(17)19)24-14-13-20-16-27-23(25-20)18-8-2-1-3-9-18/h1-12,16H,13-15H2,(H,24,26). The molecule has 1 aromatic heterocycles. The molecule has 0 saturated heterocycles. The minimum absolute atomic E-state index is 0.0462. The highest BCUT2D eigenvalue weighted by atomic mass is 32.1. The molecular weight excluding hydrogens is 352 g/mol. The second-order valence-corrected chi connectivity index (χ2v) is 7.28. The number of aromatic nitrogens is 1. The molecule has 27 heavy (non-hydrogen) atoms. The van der Waals surface area contributed by atoms with E-state index in [4.69, 9.17) is 0 Å². The number of nitrogens with one attached hydrogen (secondary N) is 1. The average Bonchev–Trinajstić information content (AvgIpc) is 3.18. The Balaban J connectivity index is 1.33. The summed E-state index contributed by atoms with van der Waals surface area (Å²) in [5.74, 6) is 0.0462. The molecule has 3 aromatic carbocycles. The van der Waals surface area contributed by atoms with Crippen molar-refractivity contribution in [3.05, 3.63) is 89.4 Å². The van der Waals surface area contributed by atoms with E-state index in [0.717, 1.165) is 33.6 Å². The summed E-state index contributed by atoms with van der Waals surface area (Å²) in [6, 6.07) is 24.4. The summed E-state index contributed by atoms with van der Waals surface area (Å²) in [5.41, 5.74) is 3.21. The molecule has 1 amide bonds. The number of nitrogens with zero attached hydrogens (tertiary/aromatic N) is 1. The fourth-order valence-corrected chi connectivity index (χ4v) is 4.01. The number of fused-ring (bicyclic) bond motifs is 1. The van der Waals surface area contributed by atoms with Gasteiger partial charge in [-0.15, -0.1) is 11.3 Å². The number of benzene rings is 3. The molecule has 0 unspecified atom stereocenters. The highest BCUT2D eigenvalue weighted by Gasteiger charge is 2.08. The highest BCUT2D eigenvalue weighted by molar-refractivity contribution is 7.13. The zero-order valence-electron chi connectivity index (χ0n) is 14.9. The van der Waals surface area contributed by atoms with Crippen LogP contribution in [-0.2, 0) is 17.6 Å². The van der Waals surface area contributed by atoms with Crippen LogP contribution in [0.25, 0.3) is 21.3 Å². The normalized spacial score (nSPS) is 10.8. The number of hydrogen-bond donors (Lipinski definition) is 1. The second kappa shape index (κ2) is 8.14. The Hall–Kier alpha value is -2.98. The lowest BCUT2D eigenvalue weighted by molar-refractivity contribution is -0.120. The zero-order chi connectivity index (χ0) is 18.5. The van der Waals surface area contributed by atoms with Crippen molar-refractivity contribution in [3.8, 4) is 10.6 Å². The van der Waals surface area contributed by atoms with Gasteiger partial charge in [0.25, 0.3) is 0 Å². The molecule has 134 valence electrons. The smallest absolute Gasteiger partial charge is 0.224 e. The Morgan fingerprint density at radius 2 is 1.70 bits per heavy atom. The summed E-state index contributed by atoms with van der Waals surface area (Å²) < 4.78 is 0. The van der Waals surface area contributed by atoms with Gasteiger partial charge in [-0.2, -0.15) is 0 Å². The third-order valence-corrected chi connectivity index (χ3v) is 5.45. The largest absolute Gasteiger partial charge is 0.355 e. The van der Waals surface area contributed by atoms with Gasteiger partial charge in [0.05, 0.1) is 12.1 Å². The quantitative estimate of drug-likeness (QED) is 0.525. The van der Waals surface area contributed by atoms with Crippen LogP contribution in [0.5, 0.6) is 0 Å². The maximum absolute atomic E-state index is 12.3. The topological polar surface area (TPSA) is 42.0 Å². The van der Waals surface area contributed by atoms with Crippen molar-refractivity contribution in [2.24, 2.45) is 0 Å². The van der Waals surface area contributed by atoms with Crippen molar-refractivity contribution >= 4 is 28.0 Å². The highest BCUT2D eigenvalue weighted by Crippen LogP contribution is 2.23. The van der Waals surface area contributed by atoms with Gasteiger partial charge in [0.2, 0.25) is 5.91 Å². The van der Waals surface area contributed by atoms with Crippen LogP contribution in [0.4, 0.5) is 0 Å². The van der Waals surface area contributed by atoms with Gasteiger partial charge < -0.3 is 5.32 Å². The Labute approximate surface area is 162 Å². The van der Waals surface area contributed by atoms with E-state index in [2.05, 4.69) is 46.0 Å². The van der Waals surface area contributed by atoms with E-state index in [1.807, 2.05) is 42.5 Å². The second-order valence-electron chi connectivity index (χ2n) is 6.43. The van der Waals surface area contributed by atoms with E-state index in [1.54, 1.807) is 11.3 Å². The first-order valence-electron chi connectivity index (χ1n) is 9.03. The first-order chi connectivity index (χ1) is 13.3. The van der Waals surface area contributed by atoms with E-state index in [9.17, 15) is 4.79 Å². The third kappa shape index (κ3) is 4.23. The van der Waals surface area contributed by atoms with Crippen molar-refractivity contribution < 1.29 is 4.79 Å². The van der Waals surface area contributed by atoms with Gasteiger partial charge in [-0.25, -0.2) is 4.98 Å². The Bertz CT molecular complexity index is 1050. The third-order valence-electron chi connectivity index (χ3n) is 4.51. The maximum atomic E-state index is 12.3. The predicted octanol–water partition coefficient (Wildman–Crippen LogP) is 4.86. The van der Waals surface area contributed by atoms with Crippen molar-refractivity contribution in [3.63, 3.8) is 0 Å². The lowest BCUT2D eigenvalue weighted by atomic mass is 10.0. The number of amides is 1. The van der Waals surface area contributed by atoms with E-state index in [0.29, 0.717) is 13.0 Å². The molecule has 4 rings (SSSR count). The number of hydrogen-bond acceptors (Lipinski definition) is 3. The van der Waals surface area contributed by atoms with Gasteiger partial charge in [-0.3, -0.25) is 4.79 Å². The molecule has 4 heteroatoms. The molecule has 0 bridgehead atoms. The van der Waals surface area contributed by atoms with Gasteiger partial charge in [0, 0.05) is 23.9 Å². The van der Waals surface area contributed by atoms with Crippen LogP contribution in [0, 0.1) is 0 Å². The minimum atomic E-state index is 0.0462. The van der Waals surface area contributed by atoms with Crippen LogP contribution in [0.1, 0.15) is 11.3 Å². The number of carbonyl (C=O) groups is 1. The summed E-state index contributed by atoms with van der Waals surface area (Å²) >= 11 is 1.64. The van der Waals surface area contributed by atoms with Crippen molar-refractivity contribution in [2.45, 2.75) is 12.8 Å². The average molecular weight is 372 g/mol. The molecule has 0 atom stereocenters. The number of rotatable bonds is 6. The summed E-state index contributed by atoms with van der Waals surface area (Å²) in [6.45, 7) is 0.599. The molecule has 3 nitrogen and oxygen atoms in total. The lowest BCUT2D eigenvalue weighted by Crippen LogP contribution is -2.27. The number of thiazole rings is 1. The van der Waals surface area contributed by atoms with Gasteiger partial charge >= 0.3 is 0 Å². The van der Waals surface area contributed by atoms with E-state index < -0.39 is 0 Å². The molecule has 0 saturated carbocycles. The summed E-state index contributed by atoms with van der Waals surface area (Å²) in [6.07, 6.45) is 1.14. The number of carbonyl (C=O) groups excluding carboxylic acids is 1. The SMILES string of the molecule is O=C(Cc1cccc2ccccc12)NCCc1csc(-c2ccccc2)n1. The first-order valence-corrected chi connectivity index (χ1v) is 9.91. The molecule has 1 heterocycles. The van der Waals surface area contributed by atoms with Crippen molar-refractivity contribution in [1.82, 2.24) is 10.3 Å². The lowest BCUT2D eigenvalue weighted by Gasteiger charge is -2.07. The maximum Gasteiger partial charge on any atom is 0.224 e. The van der Waals surface area contributed by atoms with Crippen LogP contribution in [0.2, 0.25) is 0 Å². The van der Waals surface area contributed by atoms with Crippen LogP contribution in [0.3, 0.4) is 0 Å². The van der Waals surface area contributed by atoms with Crippen molar-refractivity contribution in [1.29, 1.82) is 0 Å². The van der Waals surface area contributed by atoms with Crippen LogP contribution in [0.15, 0.2) is 78.2 Å². The monoisotopic (exact) mass is 372 g/mol. The Morgan fingerprint density at radius 1 is 0.926 bits per heavy atom. The van der Waals surface area contributed by atoms with E-state index in [1.165, 1.54) is 5.39 Å². The van der Waals surface area contributed by atoms with Gasteiger partial charge in [0.15, 0.2) is 0 Å². The summed E-state index contributed by atoms with van der Waals surface area (Å²) in [5, 5.41) is 8.42. The molecule has 0 aliphatic rings.